The molecule has 8 nitrogen and oxygen atoms in total. The van der Waals surface area contributed by atoms with Gasteiger partial charge in [-0.15, -0.1) is 0 Å². The van der Waals surface area contributed by atoms with E-state index in [9.17, 15) is 19.3 Å². The summed E-state index contributed by atoms with van der Waals surface area (Å²) >= 11 is 0. The van der Waals surface area contributed by atoms with Crippen molar-refractivity contribution < 1.29 is 33.0 Å². The molecule has 0 spiro atoms. The maximum absolute atomic E-state index is 12.3. The first-order valence-corrected chi connectivity index (χ1v) is 7.57. The fraction of sp³-hybridized carbons (Fsp3) is 0.818. The van der Waals surface area contributed by atoms with E-state index in [1.54, 1.807) is 20.8 Å². The van der Waals surface area contributed by atoms with Crippen LogP contribution in [-0.2, 0) is 23.1 Å². The van der Waals surface area contributed by atoms with Gasteiger partial charge >= 0.3 is 19.7 Å². The minimum atomic E-state index is -4.01. The third kappa shape index (κ3) is 4.77. The van der Waals surface area contributed by atoms with E-state index in [1.807, 2.05) is 0 Å². The molecule has 0 aromatic rings. The summed E-state index contributed by atoms with van der Waals surface area (Å²) in [5, 5.41) is 9.24. The fourth-order valence-electron chi connectivity index (χ4n) is 1.44. The van der Waals surface area contributed by atoms with E-state index in [-0.39, 0.29) is 6.54 Å². The second kappa shape index (κ2) is 7.06. The van der Waals surface area contributed by atoms with Gasteiger partial charge in [0.2, 0.25) is 5.78 Å². The van der Waals surface area contributed by atoms with Crippen molar-refractivity contribution in [2.24, 2.45) is 0 Å². The van der Waals surface area contributed by atoms with Gasteiger partial charge in [-0.2, -0.15) is 0 Å². The average Bonchev–Trinajstić information content (AvgIpc) is 2.32. The molecule has 0 radical (unpaired) electrons. The lowest BCUT2D eigenvalue weighted by Gasteiger charge is -2.32. The van der Waals surface area contributed by atoms with Crippen LogP contribution < -0.4 is 0 Å². The van der Waals surface area contributed by atoms with Crippen LogP contribution in [0, 0.1) is 0 Å². The van der Waals surface area contributed by atoms with Gasteiger partial charge in [0.1, 0.15) is 5.60 Å². The van der Waals surface area contributed by atoms with Crippen LogP contribution in [0.5, 0.6) is 0 Å². The lowest BCUT2D eigenvalue weighted by Crippen LogP contribution is -2.47. The number of amides is 1. The van der Waals surface area contributed by atoms with Crippen LogP contribution in [0.2, 0.25) is 0 Å². The zero-order chi connectivity index (χ0) is 16.1. The third-order valence-corrected chi connectivity index (χ3v) is 4.41. The molecule has 0 aliphatic heterocycles. The van der Waals surface area contributed by atoms with Crippen molar-refractivity contribution in [2.75, 3.05) is 20.8 Å². The molecule has 118 valence electrons. The Morgan fingerprint density at radius 1 is 1.25 bits per heavy atom. The van der Waals surface area contributed by atoms with Gasteiger partial charge in [0.25, 0.3) is 0 Å². The van der Waals surface area contributed by atoms with Crippen LogP contribution in [0.1, 0.15) is 27.7 Å². The molecule has 1 atom stereocenters. The van der Waals surface area contributed by atoms with Crippen molar-refractivity contribution >= 4 is 19.7 Å². The standard InChI is InChI=1S/C11H22NO7P/c1-7-12(10(15)19-11(2,3)4)8(9(13)14)20(16,17-5)18-6/h8H,7H2,1-6H3,(H,13,14)/t8-/m0/s1. The summed E-state index contributed by atoms with van der Waals surface area (Å²) in [7, 11) is -1.90. The molecular formula is C11H22NO7P. The SMILES string of the molecule is CCN(C(=O)OC(C)(C)C)[C@H](C(=O)O)P(=O)(OC)OC. The second-order valence-corrected chi connectivity index (χ2v) is 7.18. The number of hydrogen-bond acceptors (Lipinski definition) is 6. The van der Waals surface area contributed by atoms with Crippen molar-refractivity contribution in [2.45, 2.75) is 39.1 Å². The first-order valence-electron chi connectivity index (χ1n) is 5.96. The average molecular weight is 311 g/mol. The number of rotatable bonds is 6. The Labute approximate surface area is 118 Å². The van der Waals surface area contributed by atoms with Crippen molar-refractivity contribution in [3.8, 4) is 0 Å². The minimum absolute atomic E-state index is 0.0252. The van der Waals surface area contributed by atoms with Crippen molar-refractivity contribution in [1.82, 2.24) is 4.90 Å². The maximum Gasteiger partial charge on any atom is 0.411 e. The predicted molar refractivity (Wildman–Crippen MR) is 71.7 cm³/mol. The first-order chi connectivity index (χ1) is 9.02. The molecule has 1 N–H and O–H groups in total. The van der Waals surface area contributed by atoms with Crippen LogP contribution in [0.4, 0.5) is 4.79 Å². The monoisotopic (exact) mass is 311 g/mol. The van der Waals surface area contributed by atoms with Gasteiger partial charge < -0.3 is 18.9 Å². The van der Waals surface area contributed by atoms with Crippen LogP contribution in [0.15, 0.2) is 0 Å². The highest BCUT2D eigenvalue weighted by Crippen LogP contribution is 2.53. The van der Waals surface area contributed by atoms with Crippen molar-refractivity contribution in [3.63, 3.8) is 0 Å². The second-order valence-electron chi connectivity index (χ2n) is 4.88. The number of nitrogens with zero attached hydrogens (tertiary/aromatic N) is 1. The van der Waals surface area contributed by atoms with Gasteiger partial charge in [-0.25, -0.2) is 9.59 Å². The fourth-order valence-corrected chi connectivity index (χ4v) is 2.85. The molecule has 0 aromatic heterocycles. The number of ether oxygens (including phenoxy) is 1. The van der Waals surface area contributed by atoms with Gasteiger partial charge in [0.15, 0.2) is 0 Å². The zero-order valence-electron chi connectivity index (χ0n) is 12.6. The van der Waals surface area contributed by atoms with Crippen molar-refractivity contribution in [3.05, 3.63) is 0 Å². The highest BCUT2D eigenvalue weighted by molar-refractivity contribution is 7.55. The number of carbonyl (C=O) groups is 2. The Balaban J connectivity index is 5.49. The van der Waals surface area contributed by atoms with E-state index in [4.69, 9.17) is 4.74 Å². The molecule has 0 rings (SSSR count). The Kier molecular flexibility index (Phi) is 6.67. The number of likely N-dealkylation sites (N-methyl/N-ethyl adjacent to an activating group) is 1. The predicted octanol–water partition coefficient (Wildman–Crippen LogP) is 2.14. The molecular weight excluding hydrogens is 289 g/mol. The smallest absolute Gasteiger partial charge is 0.411 e. The molecule has 0 aliphatic rings. The molecule has 0 unspecified atom stereocenters. The highest BCUT2D eigenvalue weighted by Gasteiger charge is 2.47. The van der Waals surface area contributed by atoms with Gasteiger partial charge in [0.05, 0.1) is 0 Å². The number of carbonyl (C=O) groups excluding carboxylic acids is 1. The molecule has 1 amide bonds. The summed E-state index contributed by atoms with van der Waals surface area (Å²) in [5.41, 5.74) is -0.808. The normalized spacial score (nSPS) is 13.7. The van der Waals surface area contributed by atoms with E-state index < -0.39 is 31.0 Å². The molecule has 0 saturated heterocycles. The van der Waals surface area contributed by atoms with E-state index in [1.165, 1.54) is 6.92 Å². The molecule has 0 bridgehead atoms. The van der Waals surface area contributed by atoms with E-state index in [2.05, 4.69) is 9.05 Å². The molecule has 0 saturated carbocycles. The molecule has 0 aliphatic carbocycles. The first kappa shape index (κ1) is 18.9. The lowest BCUT2D eigenvalue weighted by atomic mass is 10.2. The number of aliphatic carboxylic acids is 1. The van der Waals surface area contributed by atoms with Crippen LogP contribution in [-0.4, -0.2) is 54.2 Å². The van der Waals surface area contributed by atoms with Gasteiger partial charge in [-0.3, -0.25) is 9.46 Å². The topological polar surface area (TPSA) is 102 Å². The third-order valence-electron chi connectivity index (χ3n) is 2.29. The maximum atomic E-state index is 12.3. The Morgan fingerprint density at radius 3 is 1.95 bits per heavy atom. The highest BCUT2D eigenvalue weighted by atomic mass is 31.2. The van der Waals surface area contributed by atoms with E-state index >= 15 is 0 Å². The number of carboxylic acids is 1. The summed E-state index contributed by atoms with van der Waals surface area (Å²) in [5.74, 6) is -3.26. The Morgan fingerprint density at radius 2 is 1.70 bits per heavy atom. The quantitative estimate of drug-likeness (QED) is 0.749. The summed E-state index contributed by atoms with van der Waals surface area (Å²) in [6.45, 7) is 6.43. The molecule has 9 heteroatoms. The summed E-state index contributed by atoms with van der Waals surface area (Å²) in [4.78, 5) is 24.2. The van der Waals surface area contributed by atoms with E-state index in [0.29, 0.717) is 0 Å². The molecule has 20 heavy (non-hydrogen) atoms. The zero-order valence-corrected chi connectivity index (χ0v) is 13.5. The minimum Gasteiger partial charge on any atom is -0.479 e. The van der Waals surface area contributed by atoms with Crippen molar-refractivity contribution in [1.29, 1.82) is 0 Å². The van der Waals surface area contributed by atoms with Gasteiger partial charge in [0, 0.05) is 20.8 Å². The summed E-state index contributed by atoms with van der Waals surface area (Å²) in [6.07, 6.45) is -0.901. The van der Waals surface area contributed by atoms with E-state index in [0.717, 1.165) is 19.1 Å². The largest absolute Gasteiger partial charge is 0.479 e. The Hall–Kier alpha value is -1.11. The van der Waals surface area contributed by atoms with Gasteiger partial charge in [-0.1, -0.05) is 0 Å². The van der Waals surface area contributed by atoms with Gasteiger partial charge in [-0.05, 0) is 27.7 Å². The number of carboxylic acid groups (broad SMARTS) is 1. The van der Waals surface area contributed by atoms with Crippen LogP contribution >= 0.6 is 7.60 Å². The lowest BCUT2D eigenvalue weighted by molar-refractivity contribution is -0.140. The number of hydrogen-bond donors (Lipinski definition) is 1. The summed E-state index contributed by atoms with van der Waals surface area (Å²) in [6, 6.07) is 0. The Bertz CT molecular complexity index is 396. The summed E-state index contributed by atoms with van der Waals surface area (Å²) < 4.78 is 26.7. The van der Waals surface area contributed by atoms with Crippen LogP contribution in [0.3, 0.4) is 0 Å². The molecule has 0 heterocycles. The molecule has 0 fully saturated rings. The van der Waals surface area contributed by atoms with Crippen LogP contribution in [0.25, 0.3) is 0 Å². The molecule has 0 aromatic carbocycles.